The van der Waals surface area contributed by atoms with Gasteiger partial charge in [0, 0.05) is 18.8 Å². The van der Waals surface area contributed by atoms with Crippen molar-refractivity contribution in [2.24, 2.45) is 5.10 Å². The lowest BCUT2D eigenvalue weighted by Gasteiger charge is -2.21. The number of carbonyl (C=O) groups is 1. The number of hydrazone groups is 1. The molecule has 0 saturated carbocycles. The van der Waals surface area contributed by atoms with Crippen molar-refractivity contribution in [2.45, 2.75) is 12.5 Å². The predicted octanol–water partition coefficient (Wildman–Crippen LogP) is 4.21. The van der Waals surface area contributed by atoms with Crippen LogP contribution in [0.15, 0.2) is 88.8 Å². The van der Waals surface area contributed by atoms with Gasteiger partial charge in [0.2, 0.25) is 0 Å². The first-order valence-electron chi connectivity index (χ1n) is 9.00. The Labute approximate surface area is 161 Å². The van der Waals surface area contributed by atoms with Crippen molar-refractivity contribution in [1.29, 1.82) is 0 Å². The van der Waals surface area contributed by atoms with Gasteiger partial charge in [-0.3, -0.25) is 14.8 Å². The lowest BCUT2D eigenvalue weighted by Crippen LogP contribution is -2.26. The van der Waals surface area contributed by atoms with Crippen molar-refractivity contribution in [3.05, 3.63) is 96.2 Å². The van der Waals surface area contributed by atoms with Crippen LogP contribution in [0.2, 0.25) is 0 Å². The van der Waals surface area contributed by atoms with Crippen molar-refractivity contribution in [3.8, 4) is 0 Å². The minimum absolute atomic E-state index is 0.237. The second-order valence-corrected chi connectivity index (χ2v) is 6.56. The number of hydrogen-bond acceptors (Lipinski definition) is 5. The van der Waals surface area contributed by atoms with Gasteiger partial charge in [-0.15, -0.1) is 0 Å². The Morgan fingerprint density at radius 1 is 0.964 bits per heavy atom. The number of fused-ring (bicyclic) bond motifs is 1. The Balaban J connectivity index is 1.57. The number of furan rings is 1. The summed E-state index contributed by atoms with van der Waals surface area (Å²) in [6.45, 7) is 0. The molecule has 1 atom stereocenters. The number of amides is 1. The maximum Gasteiger partial charge on any atom is 0.310 e. The van der Waals surface area contributed by atoms with Crippen molar-refractivity contribution < 1.29 is 9.21 Å². The topological polar surface area (TPSA) is 71.6 Å². The van der Waals surface area contributed by atoms with E-state index in [9.17, 15) is 4.79 Å². The Hall–Kier alpha value is -3.80. The fourth-order valence-electron chi connectivity index (χ4n) is 3.46. The summed E-state index contributed by atoms with van der Waals surface area (Å²) >= 11 is 0. The van der Waals surface area contributed by atoms with E-state index in [0.717, 1.165) is 27.9 Å². The maximum absolute atomic E-state index is 13.0. The number of hydrogen-bond donors (Lipinski definition) is 0. The van der Waals surface area contributed by atoms with Gasteiger partial charge < -0.3 is 4.42 Å². The van der Waals surface area contributed by atoms with E-state index in [1.807, 2.05) is 48.5 Å². The molecule has 0 bridgehead atoms. The molecule has 5 rings (SSSR count). The second-order valence-electron chi connectivity index (χ2n) is 6.56. The molecule has 2 aromatic carbocycles. The van der Waals surface area contributed by atoms with Gasteiger partial charge >= 0.3 is 5.91 Å². The molecule has 1 aliphatic rings. The van der Waals surface area contributed by atoms with Gasteiger partial charge in [-0.2, -0.15) is 5.10 Å². The minimum atomic E-state index is -0.264. The average molecular weight is 368 g/mol. The Morgan fingerprint density at radius 2 is 1.79 bits per heavy atom. The fourth-order valence-corrected chi connectivity index (χ4v) is 3.46. The van der Waals surface area contributed by atoms with Crippen LogP contribution < -0.4 is 0 Å². The Kier molecular flexibility index (Phi) is 3.94. The molecule has 0 unspecified atom stereocenters. The molecule has 28 heavy (non-hydrogen) atoms. The van der Waals surface area contributed by atoms with Gasteiger partial charge in [0.05, 0.1) is 29.1 Å². The first-order chi connectivity index (χ1) is 13.8. The molecule has 2 aromatic heterocycles. The third-order valence-electron chi connectivity index (χ3n) is 4.84. The molecular formula is C22H16N4O2. The highest BCUT2D eigenvalue weighted by molar-refractivity contribution is 6.04. The number of nitrogens with zero attached hydrogens (tertiary/aromatic N) is 4. The smallest absolute Gasteiger partial charge is 0.310 e. The molecule has 6 nitrogen and oxygen atoms in total. The van der Waals surface area contributed by atoms with E-state index in [1.165, 1.54) is 11.3 Å². The predicted molar refractivity (Wildman–Crippen MR) is 105 cm³/mol. The second kappa shape index (κ2) is 6.74. The monoisotopic (exact) mass is 368 g/mol. The van der Waals surface area contributed by atoms with Gasteiger partial charge in [0.15, 0.2) is 5.76 Å². The molecule has 6 heteroatoms. The summed E-state index contributed by atoms with van der Waals surface area (Å²) in [5.74, 6) is 0.00353. The summed E-state index contributed by atoms with van der Waals surface area (Å²) in [5.41, 5.74) is 4.44. The lowest BCUT2D eigenvalue weighted by molar-refractivity contribution is 0.0678. The maximum atomic E-state index is 13.0. The summed E-state index contributed by atoms with van der Waals surface area (Å²) < 4.78 is 5.32. The molecule has 0 aliphatic carbocycles. The number of benzene rings is 2. The van der Waals surface area contributed by atoms with Gasteiger partial charge in [-0.25, -0.2) is 5.01 Å². The molecular weight excluding hydrogens is 352 g/mol. The van der Waals surface area contributed by atoms with E-state index in [-0.39, 0.29) is 17.7 Å². The van der Waals surface area contributed by atoms with E-state index in [4.69, 9.17) is 4.42 Å². The van der Waals surface area contributed by atoms with Crippen LogP contribution in [0.3, 0.4) is 0 Å². The van der Waals surface area contributed by atoms with E-state index in [2.05, 4.69) is 15.1 Å². The largest absolute Gasteiger partial charge is 0.459 e. The molecule has 0 saturated heterocycles. The third-order valence-corrected chi connectivity index (χ3v) is 4.84. The van der Waals surface area contributed by atoms with Crippen LogP contribution in [0, 0.1) is 0 Å². The summed E-state index contributed by atoms with van der Waals surface area (Å²) in [4.78, 5) is 21.7. The molecule has 1 aliphatic heterocycles. The summed E-state index contributed by atoms with van der Waals surface area (Å²) in [6, 6.07) is 18.9. The number of rotatable bonds is 3. The molecule has 3 heterocycles. The van der Waals surface area contributed by atoms with Crippen LogP contribution in [0.4, 0.5) is 0 Å². The molecule has 0 N–H and O–H groups in total. The zero-order chi connectivity index (χ0) is 18.9. The van der Waals surface area contributed by atoms with Crippen molar-refractivity contribution >= 4 is 22.7 Å². The van der Waals surface area contributed by atoms with Gasteiger partial charge in [-0.05, 0) is 35.4 Å². The van der Waals surface area contributed by atoms with Gasteiger partial charge in [0.25, 0.3) is 0 Å². The van der Waals surface area contributed by atoms with E-state index in [1.54, 1.807) is 24.5 Å². The van der Waals surface area contributed by atoms with Crippen molar-refractivity contribution in [3.63, 3.8) is 0 Å². The van der Waals surface area contributed by atoms with E-state index in [0.29, 0.717) is 6.42 Å². The van der Waals surface area contributed by atoms with E-state index < -0.39 is 0 Å². The molecule has 1 amide bonds. The van der Waals surface area contributed by atoms with E-state index >= 15 is 0 Å². The highest BCUT2D eigenvalue weighted by atomic mass is 16.3. The third kappa shape index (κ3) is 2.85. The highest BCUT2D eigenvalue weighted by Gasteiger charge is 2.34. The zero-order valence-electron chi connectivity index (χ0n) is 14.9. The molecule has 136 valence electrons. The standard InChI is InChI=1S/C22H16N4O2/c27-22(21-7-4-12-28-21)26-20(14-18(25-26)15-5-2-1-3-6-15)16-8-9-17-19(13-16)24-11-10-23-17/h1-13,20H,14H2/t20-/m0/s1. The SMILES string of the molecule is O=C(c1ccco1)N1N=C(c2ccccc2)C[C@H]1c1ccc2nccnc2c1. The number of carbonyl (C=O) groups excluding carboxylic acids is 1. The van der Waals surface area contributed by atoms with Crippen molar-refractivity contribution in [2.75, 3.05) is 0 Å². The van der Waals surface area contributed by atoms with Crippen LogP contribution in [0.25, 0.3) is 11.0 Å². The van der Waals surface area contributed by atoms with Crippen LogP contribution >= 0.6 is 0 Å². The van der Waals surface area contributed by atoms with Crippen LogP contribution in [0.5, 0.6) is 0 Å². The van der Waals surface area contributed by atoms with Gasteiger partial charge in [-0.1, -0.05) is 36.4 Å². The van der Waals surface area contributed by atoms with Crippen LogP contribution in [0.1, 0.15) is 34.1 Å². The molecule has 0 radical (unpaired) electrons. The first kappa shape index (κ1) is 16.4. The number of aromatic nitrogens is 2. The summed E-state index contributed by atoms with van der Waals surface area (Å²) in [5, 5.41) is 6.17. The quantitative estimate of drug-likeness (QED) is 0.543. The van der Waals surface area contributed by atoms with Crippen LogP contribution in [-0.4, -0.2) is 26.6 Å². The molecule has 0 spiro atoms. The summed E-state index contributed by atoms with van der Waals surface area (Å²) in [6.07, 6.45) is 5.44. The minimum Gasteiger partial charge on any atom is -0.459 e. The Bertz CT molecular complexity index is 1170. The average Bonchev–Trinajstić information content (AvgIpc) is 3.44. The van der Waals surface area contributed by atoms with Crippen LogP contribution in [-0.2, 0) is 0 Å². The fraction of sp³-hybridized carbons (Fsp3) is 0.0909. The normalized spacial score (nSPS) is 16.4. The van der Waals surface area contributed by atoms with Crippen molar-refractivity contribution in [1.82, 2.24) is 15.0 Å². The lowest BCUT2D eigenvalue weighted by atomic mass is 9.98. The molecule has 0 fully saturated rings. The molecule has 4 aromatic rings. The Morgan fingerprint density at radius 3 is 2.57 bits per heavy atom. The zero-order valence-corrected chi connectivity index (χ0v) is 14.9. The summed E-state index contributed by atoms with van der Waals surface area (Å²) in [7, 11) is 0. The highest BCUT2D eigenvalue weighted by Crippen LogP contribution is 2.34. The first-order valence-corrected chi connectivity index (χ1v) is 9.00. The van der Waals surface area contributed by atoms with Gasteiger partial charge in [0.1, 0.15) is 0 Å².